The first kappa shape index (κ1) is 13.8. The second-order valence-corrected chi connectivity index (χ2v) is 5.45. The Hall–Kier alpha value is -0.610. The molecule has 4 heteroatoms. The fraction of sp³-hybridized carbons (Fsp3) is 0.929. The van der Waals surface area contributed by atoms with Gasteiger partial charge in [-0.05, 0) is 38.9 Å². The molecular weight excluding hydrogens is 226 g/mol. The maximum atomic E-state index is 12.4. The SMILES string of the molecule is CCN(CC)C1CCN(C(=O)[C@@H]2CCCCN2)C1. The second-order valence-electron chi connectivity index (χ2n) is 5.45. The number of hydrogen-bond acceptors (Lipinski definition) is 3. The lowest BCUT2D eigenvalue weighted by Crippen LogP contribution is -2.48. The van der Waals surface area contributed by atoms with Gasteiger partial charge in [-0.25, -0.2) is 0 Å². The maximum absolute atomic E-state index is 12.4. The molecule has 1 unspecified atom stereocenters. The Morgan fingerprint density at radius 3 is 2.67 bits per heavy atom. The quantitative estimate of drug-likeness (QED) is 0.814. The summed E-state index contributed by atoms with van der Waals surface area (Å²) in [6, 6.07) is 0.668. The molecule has 0 aromatic rings. The number of carbonyl (C=O) groups excluding carboxylic acids is 1. The average molecular weight is 253 g/mol. The van der Waals surface area contributed by atoms with Gasteiger partial charge >= 0.3 is 0 Å². The summed E-state index contributed by atoms with van der Waals surface area (Å²) >= 11 is 0. The van der Waals surface area contributed by atoms with Crippen LogP contribution in [-0.4, -0.2) is 60.5 Å². The Bertz CT molecular complexity index is 272. The third-order valence-electron chi connectivity index (χ3n) is 4.41. The molecule has 0 aromatic heterocycles. The predicted molar refractivity (Wildman–Crippen MR) is 73.5 cm³/mol. The van der Waals surface area contributed by atoms with Gasteiger partial charge in [-0.3, -0.25) is 9.69 Å². The van der Waals surface area contributed by atoms with E-state index in [1.54, 1.807) is 0 Å². The molecule has 0 spiro atoms. The average Bonchev–Trinajstić information content (AvgIpc) is 2.90. The van der Waals surface area contributed by atoms with Crippen molar-refractivity contribution in [3.63, 3.8) is 0 Å². The Morgan fingerprint density at radius 1 is 1.28 bits per heavy atom. The minimum atomic E-state index is 0.0919. The molecule has 104 valence electrons. The van der Waals surface area contributed by atoms with Gasteiger partial charge in [0.1, 0.15) is 0 Å². The first-order valence-corrected chi connectivity index (χ1v) is 7.52. The van der Waals surface area contributed by atoms with E-state index in [9.17, 15) is 4.79 Å². The van der Waals surface area contributed by atoms with Crippen molar-refractivity contribution in [2.45, 2.75) is 51.6 Å². The van der Waals surface area contributed by atoms with E-state index in [2.05, 4.69) is 29.0 Å². The number of hydrogen-bond donors (Lipinski definition) is 1. The smallest absolute Gasteiger partial charge is 0.239 e. The molecule has 18 heavy (non-hydrogen) atoms. The molecule has 2 aliphatic rings. The van der Waals surface area contributed by atoms with Crippen LogP contribution in [0, 0.1) is 0 Å². The number of nitrogens with zero attached hydrogens (tertiary/aromatic N) is 2. The topological polar surface area (TPSA) is 35.6 Å². The number of carbonyl (C=O) groups is 1. The molecule has 2 rings (SSSR count). The molecule has 0 saturated carbocycles. The number of piperidine rings is 1. The monoisotopic (exact) mass is 253 g/mol. The molecule has 1 N–H and O–H groups in total. The van der Waals surface area contributed by atoms with Crippen LogP contribution in [0.3, 0.4) is 0 Å². The lowest BCUT2D eigenvalue weighted by atomic mass is 10.0. The first-order chi connectivity index (χ1) is 8.76. The van der Waals surface area contributed by atoms with Crippen molar-refractivity contribution in [3.8, 4) is 0 Å². The number of nitrogens with one attached hydrogen (secondary N) is 1. The van der Waals surface area contributed by atoms with Gasteiger partial charge in [0.15, 0.2) is 0 Å². The van der Waals surface area contributed by atoms with Crippen LogP contribution in [0.5, 0.6) is 0 Å². The largest absolute Gasteiger partial charge is 0.340 e. The van der Waals surface area contributed by atoms with Crippen LogP contribution in [-0.2, 0) is 4.79 Å². The molecular formula is C14H27N3O. The van der Waals surface area contributed by atoms with E-state index in [0.717, 1.165) is 45.6 Å². The summed E-state index contributed by atoms with van der Waals surface area (Å²) in [5.41, 5.74) is 0. The molecule has 0 aromatic carbocycles. The van der Waals surface area contributed by atoms with Crippen LogP contribution >= 0.6 is 0 Å². The fourth-order valence-corrected chi connectivity index (χ4v) is 3.26. The zero-order chi connectivity index (χ0) is 13.0. The summed E-state index contributed by atoms with van der Waals surface area (Å²) in [4.78, 5) is 16.9. The van der Waals surface area contributed by atoms with Crippen LogP contribution in [0.4, 0.5) is 0 Å². The van der Waals surface area contributed by atoms with Crippen molar-refractivity contribution in [3.05, 3.63) is 0 Å². The number of rotatable bonds is 4. The highest BCUT2D eigenvalue weighted by molar-refractivity contribution is 5.82. The van der Waals surface area contributed by atoms with Crippen LogP contribution < -0.4 is 5.32 Å². The molecule has 2 fully saturated rings. The van der Waals surface area contributed by atoms with Gasteiger partial charge in [0.2, 0.25) is 5.91 Å². The van der Waals surface area contributed by atoms with Gasteiger partial charge in [-0.1, -0.05) is 20.3 Å². The Kier molecular flexibility index (Phi) is 5.01. The van der Waals surface area contributed by atoms with E-state index in [0.29, 0.717) is 11.9 Å². The molecule has 2 saturated heterocycles. The summed E-state index contributed by atoms with van der Waals surface area (Å²) < 4.78 is 0. The fourth-order valence-electron chi connectivity index (χ4n) is 3.26. The lowest BCUT2D eigenvalue weighted by molar-refractivity contribution is -0.133. The van der Waals surface area contributed by atoms with Gasteiger partial charge in [-0.2, -0.15) is 0 Å². The van der Waals surface area contributed by atoms with Crippen LogP contribution in [0.15, 0.2) is 0 Å². The van der Waals surface area contributed by atoms with E-state index in [4.69, 9.17) is 0 Å². The van der Waals surface area contributed by atoms with E-state index < -0.39 is 0 Å². The van der Waals surface area contributed by atoms with Crippen LogP contribution in [0.25, 0.3) is 0 Å². The van der Waals surface area contributed by atoms with Crippen molar-refractivity contribution in [2.24, 2.45) is 0 Å². The molecule has 2 aliphatic heterocycles. The van der Waals surface area contributed by atoms with Gasteiger partial charge < -0.3 is 10.2 Å². The van der Waals surface area contributed by atoms with Gasteiger partial charge in [-0.15, -0.1) is 0 Å². The number of likely N-dealkylation sites (tertiary alicyclic amines) is 1. The van der Waals surface area contributed by atoms with Crippen LogP contribution in [0.1, 0.15) is 39.5 Å². The minimum Gasteiger partial charge on any atom is -0.340 e. The molecule has 2 heterocycles. The van der Waals surface area contributed by atoms with Crippen molar-refractivity contribution in [2.75, 3.05) is 32.7 Å². The number of likely N-dealkylation sites (N-methyl/N-ethyl adjacent to an activating group) is 1. The maximum Gasteiger partial charge on any atom is 0.239 e. The first-order valence-electron chi connectivity index (χ1n) is 7.52. The lowest BCUT2D eigenvalue weighted by Gasteiger charge is -2.29. The molecule has 0 radical (unpaired) electrons. The van der Waals surface area contributed by atoms with Gasteiger partial charge in [0.05, 0.1) is 6.04 Å². The summed E-state index contributed by atoms with van der Waals surface area (Å²) in [7, 11) is 0. The normalized spacial score (nSPS) is 28.9. The van der Waals surface area contributed by atoms with E-state index in [-0.39, 0.29) is 6.04 Å². The van der Waals surface area contributed by atoms with E-state index in [1.165, 1.54) is 12.8 Å². The van der Waals surface area contributed by atoms with E-state index in [1.807, 2.05) is 0 Å². The highest BCUT2D eigenvalue weighted by Gasteiger charge is 2.32. The van der Waals surface area contributed by atoms with Crippen molar-refractivity contribution in [1.82, 2.24) is 15.1 Å². The Morgan fingerprint density at radius 2 is 2.06 bits per heavy atom. The van der Waals surface area contributed by atoms with Crippen molar-refractivity contribution < 1.29 is 4.79 Å². The van der Waals surface area contributed by atoms with Crippen molar-refractivity contribution >= 4 is 5.91 Å². The summed E-state index contributed by atoms with van der Waals surface area (Å²) in [6.45, 7) is 9.46. The standard InChI is InChI=1S/C14H27N3O/c1-3-16(4-2)12-8-10-17(11-12)14(18)13-7-5-6-9-15-13/h12-13,15H,3-11H2,1-2H3/t12?,13-/m0/s1. The molecule has 1 amide bonds. The van der Waals surface area contributed by atoms with Gasteiger partial charge in [0.25, 0.3) is 0 Å². The predicted octanol–water partition coefficient (Wildman–Crippen LogP) is 1.07. The van der Waals surface area contributed by atoms with Crippen molar-refractivity contribution in [1.29, 1.82) is 0 Å². The molecule has 2 atom stereocenters. The van der Waals surface area contributed by atoms with Gasteiger partial charge in [0, 0.05) is 19.1 Å². The second kappa shape index (κ2) is 6.53. The highest BCUT2D eigenvalue weighted by Crippen LogP contribution is 2.18. The third-order valence-corrected chi connectivity index (χ3v) is 4.41. The Labute approximate surface area is 111 Å². The van der Waals surface area contributed by atoms with Crippen LogP contribution in [0.2, 0.25) is 0 Å². The summed E-state index contributed by atoms with van der Waals surface area (Å²) in [5.74, 6) is 0.337. The Balaban J connectivity index is 1.85. The minimum absolute atomic E-state index is 0.0919. The molecule has 0 aliphatic carbocycles. The number of amides is 1. The van der Waals surface area contributed by atoms with E-state index >= 15 is 0 Å². The molecule has 0 bridgehead atoms. The summed E-state index contributed by atoms with van der Waals surface area (Å²) in [5, 5.41) is 3.36. The summed E-state index contributed by atoms with van der Waals surface area (Å²) in [6.07, 6.45) is 4.56. The highest BCUT2D eigenvalue weighted by atomic mass is 16.2. The third kappa shape index (κ3) is 3.04. The zero-order valence-corrected chi connectivity index (χ0v) is 11.8. The zero-order valence-electron chi connectivity index (χ0n) is 11.8. The molecule has 4 nitrogen and oxygen atoms in total.